The number of rotatable bonds is 3. The molecule has 96 valence electrons. The second-order valence-corrected chi connectivity index (χ2v) is 5.18. The topological polar surface area (TPSA) is 87.0 Å². The molecule has 19 heavy (non-hydrogen) atoms. The molecule has 1 aromatic carbocycles. The van der Waals surface area contributed by atoms with Gasteiger partial charge in [0, 0.05) is 6.20 Å². The van der Waals surface area contributed by atoms with Gasteiger partial charge in [0.25, 0.3) is 0 Å². The highest BCUT2D eigenvalue weighted by Gasteiger charge is 2.19. The lowest BCUT2D eigenvalue weighted by Crippen LogP contribution is -2.21. The van der Waals surface area contributed by atoms with Crippen molar-refractivity contribution in [2.24, 2.45) is 0 Å². The molecule has 0 bridgehead atoms. The van der Waals surface area contributed by atoms with E-state index >= 15 is 0 Å². The van der Waals surface area contributed by atoms with E-state index in [1.807, 2.05) is 0 Å². The van der Waals surface area contributed by atoms with Gasteiger partial charge >= 0.3 is 10.1 Å². The van der Waals surface area contributed by atoms with E-state index in [9.17, 15) is 8.42 Å². The minimum absolute atomic E-state index is 0.0366. The average molecular weight is 276 g/mol. The molecule has 0 aliphatic rings. The maximum Gasteiger partial charge on any atom is 0.358 e. The van der Waals surface area contributed by atoms with Crippen LogP contribution in [0.3, 0.4) is 0 Å². The summed E-state index contributed by atoms with van der Waals surface area (Å²) in [6.45, 7) is 0. The van der Waals surface area contributed by atoms with E-state index in [4.69, 9.17) is 4.28 Å². The Balaban J connectivity index is 2.02. The van der Waals surface area contributed by atoms with Crippen LogP contribution in [0.15, 0.2) is 53.6 Å². The molecule has 0 saturated carbocycles. The first-order valence-electron chi connectivity index (χ1n) is 5.33. The summed E-state index contributed by atoms with van der Waals surface area (Å²) in [5.74, 6) is 0. The summed E-state index contributed by atoms with van der Waals surface area (Å²) < 4.78 is 28.9. The molecule has 0 atom stereocenters. The predicted molar refractivity (Wildman–Crippen MR) is 65.5 cm³/mol. The standard InChI is InChI=1S/C11H8N4O3S/c16-19(17,9-5-2-1-3-6-9)18-15-11-10(13-14-15)7-4-8-12-11/h1-8H. The molecule has 3 rings (SSSR count). The van der Waals surface area contributed by atoms with Gasteiger partial charge in [-0.3, -0.25) is 4.28 Å². The van der Waals surface area contributed by atoms with E-state index in [2.05, 4.69) is 15.3 Å². The fraction of sp³-hybridized carbons (Fsp3) is 0. The summed E-state index contributed by atoms with van der Waals surface area (Å²) in [7, 11) is -3.95. The number of pyridine rings is 1. The van der Waals surface area contributed by atoms with Gasteiger partial charge < -0.3 is 0 Å². The van der Waals surface area contributed by atoms with E-state index in [0.29, 0.717) is 5.52 Å². The van der Waals surface area contributed by atoms with Crippen LogP contribution in [0.25, 0.3) is 11.2 Å². The molecule has 0 aliphatic carbocycles. The van der Waals surface area contributed by atoms with Crippen molar-refractivity contribution < 1.29 is 12.7 Å². The Morgan fingerprint density at radius 3 is 2.63 bits per heavy atom. The van der Waals surface area contributed by atoms with Crippen LogP contribution in [0.1, 0.15) is 0 Å². The monoisotopic (exact) mass is 276 g/mol. The molecule has 0 amide bonds. The molecule has 0 unspecified atom stereocenters. The molecule has 0 saturated heterocycles. The Morgan fingerprint density at radius 2 is 1.84 bits per heavy atom. The zero-order valence-electron chi connectivity index (χ0n) is 9.54. The summed E-state index contributed by atoms with van der Waals surface area (Å²) >= 11 is 0. The lowest BCUT2D eigenvalue weighted by molar-refractivity contribution is 0.243. The Labute approximate surface area is 108 Å². The number of benzene rings is 1. The zero-order valence-corrected chi connectivity index (χ0v) is 10.4. The fourth-order valence-electron chi connectivity index (χ4n) is 1.52. The van der Waals surface area contributed by atoms with Crippen molar-refractivity contribution in [3.8, 4) is 0 Å². The highest BCUT2D eigenvalue weighted by Crippen LogP contribution is 2.11. The summed E-state index contributed by atoms with van der Waals surface area (Å²) in [5, 5.41) is 7.37. The van der Waals surface area contributed by atoms with Gasteiger partial charge in [0.15, 0.2) is 0 Å². The number of hydrogen-bond donors (Lipinski definition) is 0. The van der Waals surface area contributed by atoms with E-state index in [1.54, 1.807) is 30.3 Å². The second kappa shape index (κ2) is 4.32. The van der Waals surface area contributed by atoms with Gasteiger partial charge in [-0.25, -0.2) is 4.98 Å². The Hall–Kier alpha value is -2.48. The van der Waals surface area contributed by atoms with Gasteiger partial charge in [0.1, 0.15) is 10.4 Å². The van der Waals surface area contributed by atoms with Crippen LogP contribution in [-0.2, 0) is 10.1 Å². The molecule has 0 N–H and O–H groups in total. The summed E-state index contributed by atoms with van der Waals surface area (Å²) in [6.07, 6.45) is 1.50. The van der Waals surface area contributed by atoms with Crippen LogP contribution in [0.5, 0.6) is 0 Å². The van der Waals surface area contributed by atoms with Gasteiger partial charge in [-0.2, -0.15) is 8.42 Å². The van der Waals surface area contributed by atoms with Crippen molar-refractivity contribution in [1.29, 1.82) is 0 Å². The maximum atomic E-state index is 12.0. The lowest BCUT2D eigenvalue weighted by Gasteiger charge is -2.04. The third-order valence-corrected chi connectivity index (χ3v) is 3.57. The van der Waals surface area contributed by atoms with Crippen molar-refractivity contribution in [2.45, 2.75) is 4.90 Å². The van der Waals surface area contributed by atoms with E-state index < -0.39 is 10.1 Å². The van der Waals surface area contributed by atoms with Gasteiger partial charge in [-0.1, -0.05) is 18.2 Å². The van der Waals surface area contributed by atoms with E-state index in [1.165, 1.54) is 18.3 Å². The molecular weight excluding hydrogens is 268 g/mol. The minimum atomic E-state index is -3.95. The smallest absolute Gasteiger partial charge is 0.262 e. The molecule has 0 spiro atoms. The zero-order chi connectivity index (χ0) is 13.3. The van der Waals surface area contributed by atoms with Crippen LogP contribution in [-0.4, -0.2) is 28.6 Å². The fourth-order valence-corrected chi connectivity index (χ4v) is 2.38. The quantitative estimate of drug-likeness (QED) is 0.697. The first kappa shape index (κ1) is 11.6. The van der Waals surface area contributed by atoms with Crippen LogP contribution >= 0.6 is 0 Å². The summed E-state index contributed by atoms with van der Waals surface area (Å²) in [4.78, 5) is 4.79. The molecule has 0 radical (unpaired) electrons. The Morgan fingerprint density at radius 1 is 1.05 bits per heavy atom. The van der Waals surface area contributed by atoms with Crippen LogP contribution in [0.2, 0.25) is 0 Å². The van der Waals surface area contributed by atoms with Crippen molar-refractivity contribution >= 4 is 21.3 Å². The molecule has 0 fully saturated rings. The highest BCUT2D eigenvalue weighted by atomic mass is 32.2. The molecule has 2 aromatic heterocycles. The van der Waals surface area contributed by atoms with Crippen LogP contribution in [0.4, 0.5) is 0 Å². The van der Waals surface area contributed by atoms with Crippen LogP contribution < -0.4 is 4.28 Å². The van der Waals surface area contributed by atoms with Crippen molar-refractivity contribution in [2.75, 3.05) is 0 Å². The normalized spacial score (nSPS) is 11.6. The molecule has 0 aliphatic heterocycles. The van der Waals surface area contributed by atoms with Crippen molar-refractivity contribution in [3.63, 3.8) is 0 Å². The lowest BCUT2D eigenvalue weighted by atomic mass is 10.4. The first-order valence-corrected chi connectivity index (χ1v) is 6.74. The molecule has 2 heterocycles. The second-order valence-electron chi connectivity index (χ2n) is 3.65. The van der Waals surface area contributed by atoms with Crippen molar-refractivity contribution in [1.82, 2.24) is 20.1 Å². The van der Waals surface area contributed by atoms with Gasteiger partial charge in [0.05, 0.1) is 0 Å². The SMILES string of the molecule is O=S(=O)(On1nnc2cccnc21)c1ccccc1. The van der Waals surface area contributed by atoms with Crippen LogP contribution in [0, 0.1) is 0 Å². The maximum absolute atomic E-state index is 12.0. The number of nitrogens with zero attached hydrogens (tertiary/aromatic N) is 4. The highest BCUT2D eigenvalue weighted by molar-refractivity contribution is 7.87. The predicted octanol–water partition coefficient (Wildman–Crippen LogP) is 0.644. The Bertz CT molecular complexity index is 814. The summed E-state index contributed by atoms with van der Waals surface area (Å²) in [5.41, 5.74) is 0.688. The molecule has 3 aromatic rings. The average Bonchev–Trinajstić information content (AvgIpc) is 2.83. The minimum Gasteiger partial charge on any atom is -0.262 e. The van der Waals surface area contributed by atoms with Gasteiger partial charge in [0.2, 0.25) is 5.65 Å². The van der Waals surface area contributed by atoms with E-state index in [0.717, 1.165) is 4.85 Å². The van der Waals surface area contributed by atoms with Gasteiger partial charge in [-0.15, -0.1) is 5.10 Å². The number of aromatic nitrogens is 4. The summed E-state index contributed by atoms with van der Waals surface area (Å²) in [6, 6.07) is 11.1. The van der Waals surface area contributed by atoms with Crippen molar-refractivity contribution in [3.05, 3.63) is 48.7 Å². The number of hydrogen-bond acceptors (Lipinski definition) is 6. The molecule has 8 heteroatoms. The third kappa shape index (κ3) is 2.13. The largest absolute Gasteiger partial charge is 0.358 e. The Kier molecular flexibility index (Phi) is 2.64. The molecular formula is C11H8N4O3S. The van der Waals surface area contributed by atoms with E-state index in [-0.39, 0.29) is 10.5 Å². The third-order valence-electron chi connectivity index (χ3n) is 2.38. The molecule has 7 nitrogen and oxygen atoms in total. The van der Waals surface area contributed by atoms with Gasteiger partial charge in [-0.05, 0) is 34.3 Å². The first-order chi connectivity index (χ1) is 9.17. The number of fused-ring (bicyclic) bond motifs is 1.